The minimum absolute atomic E-state index is 0.258. The highest BCUT2D eigenvalue weighted by Gasteiger charge is 2.09. The molecule has 0 aromatic heterocycles. The summed E-state index contributed by atoms with van der Waals surface area (Å²) in [5.74, 6) is -0.913. The third-order valence-electron chi connectivity index (χ3n) is 4.83. The molecule has 0 aliphatic heterocycles. The summed E-state index contributed by atoms with van der Waals surface area (Å²) >= 11 is 0. The van der Waals surface area contributed by atoms with Crippen molar-refractivity contribution >= 4 is 23.9 Å². The van der Waals surface area contributed by atoms with Crippen LogP contribution in [-0.2, 0) is 19.0 Å². The van der Waals surface area contributed by atoms with Crippen LogP contribution in [0.3, 0.4) is 0 Å². The van der Waals surface area contributed by atoms with Gasteiger partial charge in [-0.3, -0.25) is 4.79 Å². The number of rotatable bonds is 7. The second kappa shape index (κ2) is 14.1. The minimum atomic E-state index is -0.429. The number of ether oxygens (including phenoxy) is 4. The van der Waals surface area contributed by atoms with Crippen molar-refractivity contribution in [1.29, 1.82) is 0 Å². The molecule has 0 saturated heterocycles. The molecule has 0 spiro atoms. The van der Waals surface area contributed by atoms with E-state index in [9.17, 15) is 19.2 Å². The van der Waals surface area contributed by atoms with Gasteiger partial charge >= 0.3 is 23.9 Å². The van der Waals surface area contributed by atoms with Gasteiger partial charge in [-0.15, -0.1) is 0 Å². The maximum absolute atomic E-state index is 11.6. The van der Waals surface area contributed by atoms with Crippen LogP contribution in [0, 0.1) is 0 Å². The Morgan fingerprint density at radius 2 is 0.972 bits per heavy atom. The first-order valence-corrected chi connectivity index (χ1v) is 11.2. The Balaban J connectivity index is 0.000000281. The van der Waals surface area contributed by atoms with Crippen molar-refractivity contribution in [3.05, 3.63) is 89.5 Å². The number of carbonyl (C=O) groups excluding carboxylic acids is 4. The SMILES string of the molecule is CCOC(=O)c1ccc(-c2ccc(OC(=O)CC)cc2)cc1.COC(=O)c1ccc(C(=O)OC)cc1. The van der Waals surface area contributed by atoms with Crippen molar-refractivity contribution in [2.75, 3.05) is 20.8 Å². The van der Waals surface area contributed by atoms with Gasteiger partial charge in [0.15, 0.2) is 0 Å². The first kappa shape index (κ1) is 27.8. The molecule has 0 heterocycles. The number of methoxy groups -OCH3 is 2. The molecular weight excluding hydrogens is 464 g/mol. The highest BCUT2D eigenvalue weighted by molar-refractivity contribution is 5.93. The first-order chi connectivity index (χ1) is 17.3. The Labute approximate surface area is 209 Å². The molecule has 3 aromatic rings. The lowest BCUT2D eigenvalue weighted by atomic mass is 10.0. The van der Waals surface area contributed by atoms with Gasteiger partial charge in [-0.2, -0.15) is 0 Å². The summed E-state index contributed by atoms with van der Waals surface area (Å²) in [5, 5.41) is 0. The molecule has 0 aliphatic carbocycles. The van der Waals surface area contributed by atoms with Gasteiger partial charge in [-0.1, -0.05) is 31.2 Å². The van der Waals surface area contributed by atoms with Gasteiger partial charge in [0.25, 0.3) is 0 Å². The van der Waals surface area contributed by atoms with Crippen LogP contribution in [-0.4, -0.2) is 44.7 Å². The van der Waals surface area contributed by atoms with E-state index in [4.69, 9.17) is 9.47 Å². The van der Waals surface area contributed by atoms with Crippen LogP contribution in [0.4, 0.5) is 0 Å². The van der Waals surface area contributed by atoms with Crippen LogP contribution in [0.5, 0.6) is 5.75 Å². The number of hydrogen-bond donors (Lipinski definition) is 0. The van der Waals surface area contributed by atoms with Crippen molar-refractivity contribution in [3.8, 4) is 16.9 Å². The molecule has 0 bridgehead atoms. The topological polar surface area (TPSA) is 105 Å². The standard InChI is InChI=1S/C18H18O4.C10H10O4/c1-3-17(19)22-16-11-9-14(10-12-16)13-5-7-15(8-6-13)18(20)21-4-2;1-13-9(11)7-3-5-8(6-4-7)10(12)14-2/h5-12H,3-4H2,1-2H3;3-6H,1-2H3. The Morgan fingerprint density at radius 3 is 1.36 bits per heavy atom. The molecule has 0 atom stereocenters. The van der Waals surface area contributed by atoms with Crippen LogP contribution in [0.1, 0.15) is 51.3 Å². The van der Waals surface area contributed by atoms with E-state index in [1.807, 2.05) is 24.3 Å². The van der Waals surface area contributed by atoms with Gasteiger partial charge < -0.3 is 18.9 Å². The summed E-state index contributed by atoms with van der Waals surface area (Å²) in [5.41, 5.74) is 3.28. The summed E-state index contributed by atoms with van der Waals surface area (Å²) < 4.78 is 19.1. The summed E-state index contributed by atoms with van der Waals surface area (Å²) in [6.07, 6.45) is 0.344. The van der Waals surface area contributed by atoms with Crippen molar-refractivity contribution in [1.82, 2.24) is 0 Å². The van der Waals surface area contributed by atoms with E-state index >= 15 is 0 Å². The van der Waals surface area contributed by atoms with E-state index in [2.05, 4.69) is 9.47 Å². The highest BCUT2D eigenvalue weighted by Crippen LogP contribution is 2.23. The largest absolute Gasteiger partial charge is 0.465 e. The van der Waals surface area contributed by atoms with Crippen LogP contribution in [0.25, 0.3) is 11.1 Å². The molecule has 188 valence electrons. The Morgan fingerprint density at radius 1 is 0.583 bits per heavy atom. The summed E-state index contributed by atoms with van der Waals surface area (Å²) in [7, 11) is 2.60. The summed E-state index contributed by atoms with van der Waals surface area (Å²) in [4.78, 5) is 44.9. The number of esters is 4. The maximum atomic E-state index is 11.6. The minimum Gasteiger partial charge on any atom is -0.465 e. The predicted octanol–water partition coefficient (Wildman–Crippen LogP) is 5.11. The maximum Gasteiger partial charge on any atom is 0.338 e. The van der Waals surface area contributed by atoms with E-state index in [1.165, 1.54) is 38.5 Å². The zero-order chi connectivity index (χ0) is 26.5. The zero-order valence-corrected chi connectivity index (χ0v) is 20.6. The predicted molar refractivity (Wildman–Crippen MR) is 133 cm³/mol. The second-order valence-corrected chi connectivity index (χ2v) is 7.21. The quantitative estimate of drug-likeness (QED) is 0.255. The van der Waals surface area contributed by atoms with Crippen LogP contribution >= 0.6 is 0 Å². The van der Waals surface area contributed by atoms with Crippen LogP contribution < -0.4 is 4.74 Å². The molecular formula is C28H28O8. The van der Waals surface area contributed by atoms with Crippen LogP contribution in [0.2, 0.25) is 0 Å². The van der Waals surface area contributed by atoms with Gasteiger partial charge in [0.05, 0.1) is 37.5 Å². The van der Waals surface area contributed by atoms with Crippen molar-refractivity contribution in [2.45, 2.75) is 20.3 Å². The Hall–Kier alpha value is -4.46. The smallest absolute Gasteiger partial charge is 0.338 e. The third-order valence-corrected chi connectivity index (χ3v) is 4.83. The van der Waals surface area contributed by atoms with E-state index in [1.54, 1.807) is 38.1 Å². The molecule has 3 aromatic carbocycles. The lowest BCUT2D eigenvalue weighted by Gasteiger charge is -2.06. The average Bonchev–Trinajstić information content (AvgIpc) is 2.93. The van der Waals surface area contributed by atoms with Gasteiger partial charge in [0, 0.05) is 6.42 Å². The molecule has 0 radical (unpaired) electrons. The zero-order valence-electron chi connectivity index (χ0n) is 20.6. The summed E-state index contributed by atoms with van der Waals surface area (Å²) in [6.45, 7) is 3.89. The lowest BCUT2D eigenvalue weighted by molar-refractivity contribution is -0.134. The molecule has 0 amide bonds. The van der Waals surface area contributed by atoms with Gasteiger partial charge in [0.1, 0.15) is 5.75 Å². The molecule has 3 rings (SSSR count). The molecule has 0 unspecified atom stereocenters. The molecule has 0 aliphatic rings. The van der Waals surface area contributed by atoms with E-state index < -0.39 is 11.9 Å². The first-order valence-electron chi connectivity index (χ1n) is 11.2. The second-order valence-electron chi connectivity index (χ2n) is 7.21. The fourth-order valence-electron chi connectivity index (χ4n) is 2.91. The van der Waals surface area contributed by atoms with Crippen molar-refractivity contribution in [3.63, 3.8) is 0 Å². The normalized spacial score (nSPS) is 9.78. The van der Waals surface area contributed by atoms with Crippen molar-refractivity contribution < 1.29 is 38.1 Å². The van der Waals surface area contributed by atoms with Gasteiger partial charge in [-0.25, -0.2) is 14.4 Å². The number of carbonyl (C=O) groups is 4. The van der Waals surface area contributed by atoms with E-state index in [0.29, 0.717) is 35.5 Å². The number of benzene rings is 3. The highest BCUT2D eigenvalue weighted by atomic mass is 16.5. The van der Waals surface area contributed by atoms with E-state index in [-0.39, 0.29) is 11.9 Å². The monoisotopic (exact) mass is 492 g/mol. The van der Waals surface area contributed by atoms with E-state index in [0.717, 1.165) is 11.1 Å². The van der Waals surface area contributed by atoms with Crippen LogP contribution in [0.15, 0.2) is 72.8 Å². The Bertz CT molecular complexity index is 1130. The molecule has 0 saturated carbocycles. The van der Waals surface area contributed by atoms with Gasteiger partial charge in [-0.05, 0) is 66.6 Å². The van der Waals surface area contributed by atoms with Gasteiger partial charge in [0.2, 0.25) is 0 Å². The molecule has 0 fully saturated rings. The molecule has 8 nitrogen and oxygen atoms in total. The fraction of sp³-hybridized carbons (Fsp3) is 0.214. The molecule has 36 heavy (non-hydrogen) atoms. The average molecular weight is 493 g/mol. The summed E-state index contributed by atoms with van der Waals surface area (Å²) in [6, 6.07) is 20.5. The number of hydrogen-bond acceptors (Lipinski definition) is 8. The lowest BCUT2D eigenvalue weighted by Crippen LogP contribution is -2.05. The fourth-order valence-corrected chi connectivity index (χ4v) is 2.91. The Kier molecular flexibility index (Phi) is 10.8. The molecule has 8 heteroatoms. The van der Waals surface area contributed by atoms with Crippen molar-refractivity contribution in [2.24, 2.45) is 0 Å². The molecule has 0 N–H and O–H groups in total. The third kappa shape index (κ3) is 8.09.